The first kappa shape index (κ1) is 26.7. The molecule has 1 aliphatic rings. The van der Waals surface area contributed by atoms with Gasteiger partial charge >= 0.3 is 6.36 Å². The van der Waals surface area contributed by atoms with Gasteiger partial charge in [-0.3, -0.25) is 9.69 Å². The molecule has 1 amide bonds. The number of amides is 1. The van der Waals surface area contributed by atoms with Gasteiger partial charge in [-0.25, -0.2) is 4.98 Å². The predicted octanol–water partition coefficient (Wildman–Crippen LogP) is 4.52. The van der Waals surface area contributed by atoms with Crippen LogP contribution in [0.15, 0.2) is 48.5 Å². The number of nitrogens with one attached hydrogen (secondary N) is 1. The number of β-amino-alcohol motifs (C(OH)–C–C–N with tert-alkyl or cyclic N) is 1. The second-order valence-corrected chi connectivity index (χ2v) is 9.18. The van der Waals surface area contributed by atoms with Gasteiger partial charge in [0.05, 0.1) is 12.1 Å². The number of anilines is 2. The minimum Gasteiger partial charge on any atom is -0.406 e. The molecule has 0 aliphatic carbocycles. The minimum absolute atomic E-state index is 0.167. The van der Waals surface area contributed by atoms with E-state index in [1.165, 1.54) is 24.3 Å². The summed E-state index contributed by atoms with van der Waals surface area (Å²) < 4.78 is 40.7. The van der Waals surface area contributed by atoms with Gasteiger partial charge in [-0.1, -0.05) is 12.1 Å². The number of aliphatic hydroxyl groups excluding tert-OH is 1. The maximum Gasteiger partial charge on any atom is 0.573 e. The average molecular weight is 517 g/mol. The summed E-state index contributed by atoms with van der Waals surface area (Å²) in [7, 11) is 0. The first-order valence-electron chi connectivity index (χ1n) is 12.3. The van der Waals surface area contributed by atoms with E-state index in [0.29, 0.717) is 18.7 Å². The highest BCUT2D eigenvalue weighted by molar-refractivity contribution is 5.94. The predicted molar refractivity (Wildman–Crippen MR) is 137 cm³/mol. The number of hydrogen-bond donors (Lipinski definition) is 2. The lowest BCUT2D eigenvalue weighted by Gasteiger charge is -2.23. The van der Waals surface area contributed by atoms with Crippen LogP contribution in [0, 0.1) is 6.92 Å². The molecule has 0 atom stereocenters. The van der Waals surface area contributed by atoms with E-state index in [1.807, 2.05) is 25.1 Å². The van der Waals surface area contributed by atoms with Gasteiger partial charge < -0.3 is 20.1 Å². The summed E-state index contributed by atoms with van der Waals surface area (Å²) in [6, 6.07) is 13.2. The number of aryl methyl sites for hydroxylation is 2. The third kappa shape index (κ3) is 7.56. The molecule has 10 heteroatoms. The third-order valence-corrected chi connectivity index (χ3v) is 6.41. The van der Waals surface area contributed by atoms with Gasteiger partial charge in [0.1, 0.15) is 11.6 Å². The molecule has 0 radical (unpaired) electrons. The molecule has 3 aromatic rings. The molecule has 0 unspecified atom stereocenters. The Morgan fingerprint density at radius 1 is 1.08 bits per heavy atom. The van der Waals surface area contributed by atoms with Crippen LogP contribution in [0.2, 0.25) is 0 Å². The highest BCUT2D eigenvalue weighted by atomic mass is 19.4. The number of pyridine rings is 1. The first-order valence-corrected chi connectivity index (χ1v) is 12.3. The molecule has 1 aliphatic heterocycles. The van der Waals surface area contributed by atoms with Gasteiger partial charge in [-0.05, 0) is 73.8 Å². The van der Waals surface area contributed by atoms with Crippen molar-refractivity contribution in [1.29, 1.82) is 0 Å². The average Bonchev–Trinajstić information content (AvgIpc) is 3.09. The van der Waals surface area contributed by atoms with Gasteiger partial charge in [0, 0.05) is 43.7 Å². The molecule has 1 aromatic heterocycles. The summed E-state index contributed by atoms with van der Waals surface area (Å²) in [6.45, 7) is 6.49. The maximum atomic E-state index is 12.5. The molecule has 198 valence electrons. The van der Waals surface area contributed by atoms with E-state index in [2.05, 4.69) is 25.9 Å². The van der Waals surface area contributed by atoms with Gasteiger partial charge in [0.15, 0.2) is 0 Å². The number of carbonyl (C=O) groups is 1. The Hall–Kier alpha value is -3.37. The smallest absolute Gasteiger partial charge is 0.406 e. The number of halogens is 3. The molecule has 4 rings (SSSR count). The molecular weight excluding hydrogens is 485 g/mol. The van der Waals surface area contributed by atoms with E-state index in [1.54, 1.807) is 0 Å². The van der Waals surface area contributed by atoms with Crippen molar-refractivity contribution in [2.75, 3.05) is 49.5 Å². The van der Waals surface area contributed by atoms with E-state index in [4.69, 9.17) is 4.98 Å². The second kappa shape index (κ2) is 11.8. The Balaban J connectivity index is 1.36. The highest BCUT2D eigenvalue weighted by Crippen LogP contribution is 2.27. The van der Waals surface area contributed by atoms with Crippen LogP contribution in [0.25, 0.3) is 10.9 Å². The van der Waals surface area contributed by atoms with Crippen LogP contribution in [0.1, 0.15) is 24.0 Å². The van der Waals surface area contributed by atoms with Crippen molar-refractivity contribution in [3.8, 4) is 5.75 Å². The van der Waals surface area contributed by atoms with Crippen molar-refractivity contribution in [3.05, 3.63) is 59.7 Å². The molecule has 7 nitrogen and oxygen atoms in total. The molecular formula is C27H31F3N4O3. The van der Waals surface area contributed by atoms with Crippen molar-refractivity contribution < 1.29 is 27.8 Å². The van der Waals surface area contributed by atoms with E-state index in [-0.39, 0.29) is 24.7 Å². The zero-order valence-corrected chi connectivity index (χ0v) is 20.7. The molecule has 37 heavy (non-hydrogen) atoms. The Bertz CT molecular complexity index is 1220. The summed E-state index contributed by atoms with van der Waals surface area (Å²) in [6.07, 6.45) is -3.14. The van der Waals surface area contributed by atoms with Crippen LogP contribution in [-0.2, 0) is 11.2 Å². The number of aliphatic hydroxyl groups is 1. The minimum atomic E-state index is -4.73. The number of aromatic nitrogens is 1. The normalized spacial score (nSPS) is 15.0. The number of hydrogen-bond acceptors (Lipinski definition) is 6. The lowest BCUT2D eigenvalue weighted by atomic mass is 10.1. The monoisotopic (exact) mass is 516 g/mol. The number of benzene rings is 2. The van der Waals surface area contributed by atoms with Crippen LogP contribution in [-0.4, -0.2) is 66.6 Å². The summed E-state index contributed by atoms with van der Waals surface area (Å²) in [5.74, 6) is 0.456. The van der Waals surface area contributed by atoms with Gasteiger partial charge in [-0.2, -0.15) is 0 Å². The fraction of sp³-hybridized carbons (Fsp3) is 0.407. The van der Waals surface area contributed by atoms with Crippen molar-refractivity contribution >= 4 is 28.3 Å². The van der Waals surface area contributed by atoms with E-state index < -0.39 is 6.36 Å². The Morgan fingerprint density at radius 2 is 1.86 bits per heavy atom. The zero-order valence-electron chi connectivity index (χ0n) is 20.7. The van der Waals surface area contributed by atoms with Crippen LogP contribution >= 0.6 is 0 Å². The number of ether oxygens (including phenoxy) is 1. The fourth-order valence-electron chi connectivity index (χ4n) is 4.52. The van der Waals surface area contributed by atoms with Gasteiger partial charge in [0.2, 0.25) is 5.91 Å². The SMILES string of the molecule is Cc1cc(N2CCCN(CCO)CC2)nc2ccc(NC(=O)CCc3ccc(OC(F)(F)F)cc3)cc12. The summed E-state index contributed by atoms with van der Waals surface area (Å²) in [5, 5.41) is 13.1. The fourth-order valence-corrected chi connectivity index (χ4v) is 4.52. The van der Waals surface area contributed by atoms with Crippen molar-refractivity contribution in [1.82, 2.24) is 9.88 Å². The summed E-state index contributed by atoms with van der Waals surface area (Å²) in [5.41, 5.74) is 3.32. The van der Waals surface area contributed by atoms with Crippen LogP contribution in [0.3, 0.4) is 0 Å². The maximum absolute atomic E-state index is 12.5. The largest absolute Gasteiger partial charge is 0.573 e. The quantitative estimate of drug-likeness (QED) is 0.459. The first-order chi connectivity index (χ1) is 17.7. The molecule has 2 aromatic carbocycles. The van der Waals surface area contributed by atoms with E-state index in [0.717, 1.165) is 60.4 Å². The molecule has 2 heterocycles. The summed E-state index contributed by atoms with van der Waals surface area (Å²) in [4.78, 5) is 21.9. The number of carbonyl (C=O) groups excluding carboxylic acids is 1. The highest BCUT2D eigenvalue weighted by Gasteiger charge is 2.31. The Kier molecular flexibility index (Phi) is 8.50. The lowest BCUT2D eigenvalue weighted by Crippen LogP contribution is -2.32. The number of alkyl halides is 3. The molecule has 0 spiro atoms. The lowest BCUT2D eigenvalue weighted by molar-refractivity contribution is -0.274. The number of nitrogens with zero attached hydrogens (tertiary/aromatic N) is 3. The Morgan fingerprint density at radius 3 is 2.59 bits per heavy atom. The van der Waals surface area contributed by atoms with Crippen molar-refractivity contribution in [2.45, 2.75) is 32.5 Å². The van der Waals surface area contributed by atoms with Crippen molar-refractivity contribution in [3.63, 3.8) is 0 Å². The molecule has 0 bridgehead atoms. The van der Waals surface area contributed by atoms with E-state index in [9.17, 15) is 23.1 Å². The van der Waals surface area contributed by atoms with Crippen molar-refractivity contribution in [2.24, 2.45) is 0 Å². The standard InChI is InChI=1S/C27H31F3N4O3/c1-19-17-25(34-12-2-11-33(13-14-34)15-16-35)32-24-9-6-21(18-23(19)24)31-26(36)10-5-20-3-7-22(8-4-20)37-27(28,29)30/h3-4,6-9,17-18,35H,2,5,10-16H2,1H3,(H,31,36). The van der Waals surface area contributed by atoms with Crippen LogP contribution < -0.4 is 15.0 Å². The van der Waals surface area contributed by atoms with Crippen LogP contribution in [0.5, 0.6) is 5.75 Å². The molecule has 1 saturated heterocycles. The van der Waals surface area contributed by atoms with Gasteiger partial charge in [-0.15, -0.1) is 13.2 Å². The second-order valence-electron chi connectivity index (χ2n) is 9.18. The van der Waals surface area contributed by atoms with E-state index >= 15 is 0 Å². The summed E-state index contributed by atoms with van der Waals surface area (Å²) >= 11 is 0. The molecule has 1 fully saturated rings. The number of rotatable bonds is 8. The molecule has 0 saturated carbocycles. The topological polar surface area (TPSA) is 77.9 Å². The zero-order chi connectivity index (χ0) is 26.4. The molecule has 2 N–H and O–H groups in total. The number of fused-ring (bicyclic) bond motifs is 1. The Labute approximate surface area is 213 Å². The third-order valence-electron chi connectivity index (χ3n) is 6.41. The van der Waals surface area contributed by atoms with Crippen LogP contribution in [0.4, 0.5) is 24.7 Å². The van der Waals surface area contributed by atoms with Gasteiger partial charge in [0.25, 0.3) is 0 Å².